The van der Waals surface area contributed by atoms with Crippen molar-refractivity contribution in [3.05, 3.63) is 212 Å². The van der Waals surface area contributed by atoms with Gasteiger partial charge in [0.15, 0.2) is 0 Å². The maximum Gasteiger partial charge on any atom is 0.123 e. The third-order valence-corrected chi connectivity index (χ3v) is 16.4. The van der Waals surface area contributed by atoms with Gasteiger partial charge in [-0.05, 0) is 143 Å². The van der Waals surface area contributed by atoms with Gasteiger partial charge in [-0.25, -0.2) is 18.1 Å². The zero-order valence-electron chi connectivity index (χ0n) is 47.9. The van der Waals surface area contributed by atoms with E-state index < -0.39 is 0 Å². The molecule has 0 bridgehead atoms. The van der Waals surface area contributed by atoms with Crippen molar-refractivity contribution < 1.29 is 8.78 Å². The van der Waals surface area contributed by atoms with Gasteiger partial charge in [0, 0.05) is 76.4 Å². The van der Waals surface area contributed by atoms with E-state index in [1.165, 1.54) is 30.5 Å². The minimum Gasteiger partial charge on any atom is -0.383 e. The van der Waals surface area contributed by atoms with Crippen LogP contribution >= 0.6 is 22.6 Å². The molecule has 2 N–H and O–H groups in total. The number of benzene rings is 4. The van der Waals surface area contributed by atoms with Crippen molar-refractivity contribution in [1.29, 1.82) is 15.8 Å². The highest BCUT2D eigenvalue weighted by molar-refractivity contribution is 14.1. The Bertz CT molecular complexity index is 4200. The molecule has 0 spiro atoms. The topological polar surface area (TPSA) is 234 Å². The highest BCUT2D eigenvalue weighted by Gasteiger charge is 2.50. The molecule has 17 nitrogen and oxygen atoms in total. The summed E-state index contributed by atoms with van der Waals surface area (Å²) in [6.07, 6.45) is 22.0. The van der Waals surface area contributed by atoms with Crippen molar-refractivity contribution in [3.8, 4) is 18.2 Å². The van der Waals surface area contributed by atoms with Gasteiger partial charge in [0.2, 0.25) is 0 Å². The average molecular weight is 1240 g/mol. The van der Waals surface area contributed by atoms with Crippen molar-refractivity contribution >= 4 is 55.8 Å². The van der Waals surface area contributed by atoms with E-state index in [0.29, 0.717) is 59.2 Å². The van der Waals surface area contributed by atoms with Crippen molar-refractivity contribution in [2.24, 2.45) is 10.8 Å². The zero-order valence-corrected chi connectivity index (χ0v) is 50.0. The molecule has 0 amide bonds. The smallest absolute Gasteiger partial charge is 0.123 e. The fourth-order valence-corrected chi connectivity index (χ4v) is 11.5. The number of anilines is 2. The molecule has 10 aromatic rings. The Morgan fingerprint density at radius 1 is 0.553 bits per heavy atom. The Balaban J connectivity index is 0.000000177. The summed E-state index contributed by atoms with van der Waals surface area (Å²) < 4.78 is 32.7. The standard InChI is InChI=1S/C33H30FN9.C32H30FIN8/c1-32(2,3)20-40-31-24(16-36)17-39-30-23(15-35)12-21(14-27(30)31)13-26(22-4-6-25(34)7-5-22)28-19-43(42-41-28)33(8-9-33)29-18-37-10-11-38-29;1-31(2,3)19-39-29-22(15-35)16-38-30-25(29)13-20(14-26(30)34)12-24(21-4-6-23(33)7-5-21)27-18-42(41-40-27)32(8-9-32)28-17-36-10-11-37-28/h4-7,10-12,14,17-19,26H,8-9,13,20H2,1-3H3,(H,39,40);4-7,10-11,13-14,16-18,24H,8-9,12,19H2,1-3H3,(H,38,39)/t26-;24-/m00/s1. The Kier molecular flexibility index (Phi) is 15.9. The molecule has 6 heterocycles. The lowest BCUT2D eigenvalue weighted by Crippen LogP contribution is -2.21. The van der Waals surface area contributed by atoms with Gasteiger partial charge in [-0.2, -0.15) is 15.8 Å². The Morgan fingerprint density at radius 2 is 0.976 bits per heavy atom. The fraction of sp³-hybridized carbons (Fsp3) is 0.308. The molecular weight excluding hydrogens is 1180 g/mol. The molecular formula is C65H60F2IN17. The number of nitrogens with zero attached hydrogens (tertiary/aromatic N) is 15. The second-order valence-electron chi connectivity index (χ2n) is 24.3. The zero-order chi connectivity index (χ0) is 59.7. The van der Waals surface area contributed by atoms with E-state index in [9.17, 15) is 24.6 Å². The van der Waals surface area contributed by atoms with Crippen LogP contribution in [-0.4, -0.2) is 73.0 Å². The summed E-state index contributed by atoms with van der Waals surface area (Å²) in [6.45, 7) is 14.1. The van der Waals surface area contributed by atoms with Crippen LogP contribution in [0.3, 0.4) is 0 Å². The molecule has 85 heavy (non-hydrogen) atoms. The molecule has 6 aromatic heterocycles. The quantitative estimate of drug-likeness (QED) is 0.0856. The van der Waals surface area contributed by atoms with Crippen molar-refractivity contribution in [1.82, 2.24) is 59.9 Å². The van der Waals surface area contributed by atoms with Gasteiger partial charge in [-0.1, -0.05) is 76.2 Å². The summed E-state index contributed by atoms with van der Waals surface area (Å²) in [6, 6.07) is 27.9. The lowest BCUT2D eigenvalue weighted by atomic mass is 9.88. The van der Waals surface area contributed by atoms with Crippen LogP contribution in [0, 0.1) is 60.0 Å². The van der Waals surface area contributed by atoms with Gasteiger partial charge in [-0.3, -0.25) is 29.9 Å². The van der Waals surface area contributed by atoms with Crippen molar-refractivity contribution in [3.63, 3.8) is 0 Å². The van der Waals surface area contributed by atoms with E-state index >= 15 is 0 Å². The molecule has 2 aliphatic carbocycles. The van der Waals surface area contributed by atoms with E-state index in [-0.39, 0.29) is 45.4 Å². The van der Waals surface area contributed by atoms with Crippen LogP contribution in [-0.2, 0) is 23.9 Å². The first-order chi connectivity index (χ1) is 40.9. The molecule has 0 radical (unpaired) electrons. The molecule has 2 saturated carbocycles. The summed E-state index contributed by atoms with van der Waals surface area (Å²) >= 11 is 2.31. The fourth-order valence-electron chi connectivity index (χ4n) is 10.7. The van der Waals surface area contributed by atoms with Crippen LogP contribution in [0.1, 0.15) is 141 Å². The number of rotatable bonds is 16. The summed E-state index contributed by atoms with van der Waals surface area (Å²) in [5, 5.41) is 56.7. The number of nitriles is 3. The number of hydrogen-bond acceptors (Lipinski definition) is 15. The SMILES string of the molecule is CC(C)(C)CNc1c(C#N)cnc2c(C#N)cc(C[C@@H](c3ccc(F)cc3)c3cn(C4(c5cnccn5)CC4)nn3)cc12.CC(C)(C)CNc1c(C#N)cnc2c(I)cc(C[C@@H](c3ccc(F)cc3)c3cn(C4(c5cnccn5)CC4)nn3)cc12. The minimum atomic E-state index is -0.378. The van der Waals surface area contributed by atoms with E-state index in [1.54, 1.807) is 55.5 Å². The third-order valence-electron chi connectivity index (χ3n) is 15.5. The molecule has 0 saturated heterocycles. The summed E-state index contributed by atoms with van der Waals surface area (Å²) in [4.78, 5) is 26.7. The van der Waals surface area contributed by atoms with Crippen LogP contribution in [0.2, 0.25) is 0 Å². The monoisotopic (exact) mass is 1240 g/mol. The highest BCUT2D eigenvalue weighted by atomic mass is 127. The van der Waals surface area contributed by atoms with Crippen LogP contribution in [0.25, 0.3) is 21.8 Å². The number of halogens is 3. The van der Waals surface area contributed by atoms with Crippen LogP contribution in [0.5, 0.6) is 0 Å². The van der Waals surface area contributed by atoms with E-state index in [1.807, 2.05) is 46.0 Å². The Labute approximate surface area is 504 Å². The average Bonchev–Trinajstić information content (AvgIpc) is 1.94. The number of aromatic nitrogens is 12. The second-order valence-corrected chi connectivity index (χ2v) is 25.5. The molecule has 2 fully saturated rings. The lowest BCUT2D eigenvalue weighted by Gasteiger charge is -2.22. The molecule has 426 valence electrons. The van der Waals surface area contributed by atoms with Gasteiger partial charge in [0.1, 0.15) is 40.9 Å². The van der Waals surface area contributed by atoms with Crippen molar-refractivity contribution in [2.45, 2.75) is 103 Å². The van der Waals surface area contributed by atoms with Gasteiger partial charge < -0.3 is 10.6 Å². The number of fused-ring (bicyclic) bond motifs is 2. The molecule has 4 aromatic carbocycles. The number of hydrogen-bond donors (Lipinski definition) is 2. The first-order valence-electron chi connectivity index (χ1n) is 28.0. The molecule has 2 atom stereocenters. The normalized spacial score (nSPS) is 14.7. The molecule has 0 aliphatic heterocycles. The summed E-state index contributed by atoms with van der Waals surface area (Å²) in [5.41, 5.74) is 10.4. The predicted octanol–water partition coefficient (Wildman–Crippen LogP) is 12.5. The van der Waals surface area contributed by atoms with E-state index in [2.05, 4.69) is 156 Å². The van der Waals surface area contributed by atoms with Gasteiger partial charge in [0.25, 0.3) is 0 Å². The highest BCUT2D eigenvalue weighted by Crippen LogP contribution is 2.49. The van der Waals surface area contributed by atoms with Crippen LogP contribution in [0.15, 0.2) is 135 Å². The Morgan fingerprint density at radius 3 is 1.38 bits per heavy atom. The molecule has 20 heteroatoms. The van der Waals surface area contributed by atoms with Crippen LogP contribution in [0.4, 0.5) is 20.2 Å². The van der Waals surface area contributed by atoms with Crippen molar-refractivity contribution in [2.75, 3.05) is 23.7 Å². The maximum absolute atomic E-state index is 14.0. The first-order valence-corrected chi connectivity index (χ1v) is 29.1. The minimum absolute atomic E-state index is 0.0246. The molecule has 2 aliphatic rings. The van der Waals surface area contributed by atoms with Crippen LogP contribution < -0.4 is 10.6 Å². The number of nitrogens with one attached hydrogen (secondary N) is 2. The lowest BCUT2D eigenvalue weighted by molar-refractivity contribution is 0.443. The van der Waals surface area contributed by atoms with E-state index in [0.717, 1.165) is 90.9 Å². The van der Waals surface area contributed by atoms with Gasteiger partial charge in [0.05, 0.1) is 86.7 Å². The first kappa shape index (κ1) is 57.6. The predicted molar refractivity (Wildman–Crippen MR) is 327 cm³/mol. The third kappa shape index (κ3) is 12.4. The largest absolute Gasteiger partial charge is 0.383 e. The molecule has 0 unspecified atom stereocenters. The van der Waals surface area contributed by atoms with E-state index in [4.69, 9.17) is 0 Å². The van der Waals surface area contributed by atoms with Gasteiger partial charge >= 0.3 is 0 Å². The maximum atomic E-state index is 14.0. The van der Waals surface area contributed by atoms with Gasteiger partial charge in [-0.15, -0.1) is 10.2 Å². The number of pyridine rings is 2. The second kappa shape index (κ2) is 23.5. The molecule has 12 rings (SSSR count). The summed E-state index contributed by atoms with van der Waals surface area (Å²) in [5.74, 6) is -1.07. The Hall–Kier alpha value is -9.20. The summed E-state index contributed by atoms with van der Waals surface area (Å²) in [7, 11) is 0.